The summed E-state index contributed by atoms with van der Waals surface area (Å²) in [5, 5.41) is 9.17. The second kappa shape index (κ2) is 3.37. The maximum Gasteiger partial charge on any atom is 0.0468 e. The molecule has 3 N–H and O–H groups in total. The maximum absolute atomic E-state index is 9.17. The standard InChI is InChI=1S/C12H17NO/c1-9-4-2-3-5-11(9)12(8-13)6-10(12)7-14/h2-5,10,14H,6-8,13H2,1H3. The molecule has 2 nitrogen and oxygen atoms in total. The summed E-state index contributed by atoms with van der Waals surface area (Å²) in [5.74, 6) is 0.369. The molecular weight excluding hydrogens is 174 g/mol. The summed E-state index contributed by atoms with van der Waals surface area (Å²) in [6, 6.07) is 8.34. The highest BCUT2D eigenvalue weighted by Gasteiger charge is 2.54. The Balaban J connectivity index is 2.35. The molecule has 0 amide bonds. The van der Waals surface area contributed by atoms with Crippen LogP contribution in [0.3, 0.4) is 0 Å². The number of aliphatic hydroxyl groups excluding tert-OH is 1. The quantitative estimate of drug-likeness (QED) is 0.754. The highest BCUT2D eigenvalue weighted by Crippen LogP contribution is 2.53. The normalized spacial score (nSPS) is 30.4. The fourth-order valence-corrected chi connectivity index (χ4v) is 2.44. The number of benzene rings is 1. The third-order valence-corrected chi connectivity index (χ3v) is 3.50. The number of nitrogens with two attached hydrogens (primary N) is 1. The van der Waals surface area contributed by atoms with Crippen molar-refractivity contribution in [2.45, 2.75) is 18.8 Å². The van der Waals surface area contributed by atoms with Gasteiger partial charge in [-0.05, 0) is 30.4 Å². The second-order valence-corrected chi connectivity index (χ2v) is 4.26. The van der Waals surface area contributed by atoms with Crippen LogP contribution >= 0.6 is 0 Å². The van der Waals surface area contributed by atoms with Gasteiger partial charge in [0.05, 0.1) is 0 Å². The fourth-order valence-electron chi connectivity index (χ4n) is 2.44. The van der Waals surface area contributed by atoms with Gasteiger partial charge in [-0.1, -0.05) is 24.3 Å². The summed E-state index contributed by atoms with van der Waals surface area (Å²) in [6.07, 6.45) is 1.03. The minimum atomic E-state index is 0.0695. The summed E-state index contributed by atoms with van der Waals surface area (Å²) in [6.45, 7) is 3.01. The summed E-state index contributed by atoms with van der Waals surface area (Å²) in [7, 11) is 0. The molecule has 2 unspecified atom stereocenters. The first-order chi connectivity index (χ1) is 6.74. The maximum atomic E-state index is 9.17. The Kier molecular flexibility index (Phi) is 2.33. The third-order valence-electron chi connectivity index (χ3n) is 3.50. The molecule has 0 radical (unpaired) electrons. The molecule has 0 saturated heterocycles. The molecule has 2 atom stereocenters. The van der Waals surface area contributed by atoms with Crippen LogP contribution in [0.2, 0.25) is 0 Å². The Morgan fingerprint density at radius 1 is 1.50 bits per heavy atom. The molecule has 1 saturated carbocycles. The number of hydrogen-bond donors (Lipinski definition) is 2. The Hall–Kier alpha value is -0.860. The Bertz CT molecular complexity index is 337. The fraction of sp³-hybridized carbons (Fsp3) is 0.500. The van der Waals surface area contributed by atoms with Gasteiger partial charge in [-0.3, -0.25) is 0 Å². The first-order valence-corrected chi connectivity index (χ1v) is 5.11. The number of rotatable bonds is 3. The number of hydrogen-bond acceptors (Lipinski definition) is 2. The number of aliphatic hydroxyl groups is 1. The van der Waals surface area contributed by atoms with Gasteiger partial charge in [0, 0.05) is 18.6 Å². The van der Waals surface area contributed by atoms with Gasteiger partial charge in [-0.15, -0.1) is 0 Å². The minimum absolute atomic E-state index is 0.0695. The molecule has 76 valence electrons. The van der Waals surface area contributed by atoms with E-state index in [2.05, 4.69) is 19.1 Å². The van der Waals surface area contributed by atoms with Crippen molar-refractivity contribution in [1.82, 2.24) is 0 Å². The van der Waals surface area contributed by atoms with Crippen molar-refractivity contribution < 1.29 is 5.11 Å². The van der Waals surface area contributed by atoms with Crippen molar-refractivity contribution in [2.24, 2.45) is 11.7 Å². The lowest BCUT2D eigenvalue weighted by molar-refractivity contribution is 0.264. The van der Waals surface area contributed by atoms with Gasteiger partial charge < -0.3 is 10.8 Å². The summed E-state index contributed by atoms with van der Waals surface area (Å²) in [4.78, 5) is 0. The van der Waals surface area contributed by atoms with Crippen molar-refractivity contribution in [2.75, 3.05) is 13.2 Å². The van der Waals surface area contributed by atoms with Crippen LogP contribution in [0, 0.1) is 12.8 Å². The molecule has 0 heterocycles. The van der Waals surface area contributed by atoms with Crippen molar-refractivity contribution >= 4 is 0 Å². The molecular formula is C12H17NO. The Morgan fingerprint density at radius 3 is 2.71 bits per heavy atom. The van der Waals surface area contributed by atoms with Crippen molar-refractivity contribution in [3.8, 4) is 0 Å². The van der Waals surface area contributed by atoms with Crippen LogP contribution in [0.4, 0.5) is 0 Å². The van der Waals surface area contributed by atoms with E-state index in [-0.39, 0.29) is 12.0 Å². The Morgan fingerprint density at radius 2 is 2.21 bits per heavy atom. The van der Waals surface area contributed by atoms with E-state index >= 15 is 0 Å². The lowest BCUT2D eigenvalue weighted by atomic mass is 9.90. The van der Waals surface area contributed by atoms with E-state index in [0.29, 0.717) is 12.5 Å². The molecule has 1 fully saturated rings. The summed E-state index contributed by atoms with van der Waals surface area (Å²) >= 11 is 0. The molecule has 1 aromatic carbocycles. The van der Waals surface area contributed by atoms with E-state index < -0.39 is 0 Å². The van der Waals surface area contributed by atoms with Crippen LogP contribution in [0.1, 0.15) is 17.5 Å². The molecule has 0 aliphatic heterocycles. The van der Waals surface area contributed by atoms with E-state index in [1.165, 1.54) is 11.1 Å². The van der Waals surface area contributed by atoms with Crippen LogP contribution in [0.25, 0.3) is 0 Å². The van der Waals surface area contributed by atoms with Crippen LogP contribution in [0.15, 0.2) is 24.3 Å². The smallest absolute Gasteiger partial charge is 0.0468 e. The van der Waals surface area contributed by atoms with Crippen LogP contribution < -0.4 is 5.73 Å². The van der Waals surface area contributed by atoms with Crippen LogP contribution in [-0.4, -0.2) is 18.3 Å². The molecule has 2 heteroatoms. The minimum Gasteiger partial charge on any atom is -0.396 e. The van der Waals surface area contributed by atoms with E-state index in [0.717, 1.165) is 6.42 Å². The Labute approximate surface area is 84.7 Å². The highest BCUT2D eigenvalue weighted by atomic mass is 16.3. The number of aryl methyl sites for hydroxylation is 1. The molecule has 0 spiro atoms. The zero-order valence-corrected chi connectivity index (χ0v) is 8.53. The zero-order valence-electron chi connectivity index (χ0n) is 8.53. The summed E-state index contributed by atoms with van der Waals surface area (Å²) < 4.78 is 0. The van der Waals surface area contributed by atoms with Crippen LogP contribution in [-0.2, 0) is 5.41 Å². The predicted molar refractivity (Wildman–Crippen MR) is 57.1 cm³/mol. The first kappa shape index (κ1) is 9.69. The van der Waals surface area contributed by atoms with Gasteiger partial charge >= 0.3 is 0 Å². The van der Waals surface area contributed by atoms with Gasteiger partial charge in [0.2, 0.25) is 0 Å². The predicted octanol–water partition coefficient (Wildman–Crippen LogP) is 1.20. The van der Waals surface area contributed by atoms with Gasteiger partial charge in [0.1, 0.15) is 0 Å². The summed E-state index contributed by atoms with van der Waals surface area (Å²) in [5.41, 5.74) is 8.50. The lowest BCUT2D eigenvalue weighted by Crippen LogP contribution is -2.24. The van der Waals surface area contributed by atoms with E-state index in [9.17, 15) is 0 Å². The molecule has 1 aliphatic carbocycles. The van der Waals surface area contributed by atoms with Gasteiger partial charge in [0.25, 0.3) is 0 Å². The average molecular weight is 191 g/mol. The van der Waals surface area contributed by atoms with Gasteiger partial charge in [0.15, 0.2) is 0 Å². The molecule has 14 heavy (non-hydrogen) atoms. The van der Waals surface area contributed by atoms with Crippen LogP contribution in [0.5, 0.6) is 0 Å². The SMILES string of the molecule is Cc1ccccc1C1(CN)CC1CO. The van der Waals surface area contributed by atoms with Crippen molar-refractivity contribution in [3.63, 3.8) is 0 Å². The molecule has 1 aliphatic rings. The largest absolute Gasteiger partial charge is 0.396 e. The van der Waals surface area contributed by atoms with Crippen molar-refractivity contribution in [1.29, 1.82) is 0 Å². The molecule has 2 rings (SSSR count). The van der Waals surface area contributed by atoms with E-state index in [1.807, 2.05) is 12.1 Å². The van der Waals surface area contributed by atoms with Gasteiger partial charge in [-0.2, -0.15) is 0 Å². The monoisotopic (exact) mass is 191 g/mol. The topological polar surface area (TPSA) is 46.2 Å². The van der Waals surface area contributed by atoms with E-state index in [4.69, 9.17) is 10.8 Å². The third kappa shape index (κ3) is 1.26. The van der Waals surface area contributed by atoms with E-state index in [1.54, 1.807) is 0 Å². The zero-order chi connectivity index (χ0) is 10.2. The second-order valence-electron chi connectivity index (χ2n) is 4.26. The molecule has 0 aromatic heterocycles. The highest BCUT2D eigenvalue weighted by molar-refractivity contribution is 5.40. The van der Waals surface area contributed by atoms with Gasteiger partial charge in [-0.25, -0.2) is 0 Å². The average Bonchev–Trinajstić information content (AvgIpc) is 2.93. The first-order valence-electron chi connectivity index (χ1n) is 5.11. The van der Waals surface area contributed by atoms with Crippen molar-refractivity contribution in [3.05, 3.63) is 35.4 Å². The lowest BCUT2D eigenvalue weighted by Gasteiger charge is -2.17. The molecule has 0 bridgehead atoms. The molecule has 1 aromatic rings.